The summed E-state index contributed by atoms with van der Waals surface area (Å²) >= 11 is 0. The maximum atomic E-state index is 12.8. The van der Waals surface area contributed by atoms with Gasteiger partial charge in [0.25, 0.3) is 0 Å². The molecule has 12 aromatic rings. The van der Waals surface area contributed by atoms with Crippen molar-refractivity contribution < 1.29 is 5.11 Å². The van der Waals surface area contributed by atoms with E-state index in [0.717, 1.165) is 100.0 Å². The molecule has 0 amide bonds. The van der Waals surface area contributed by atoms with Gasteiger partial charge in [-0.25, -0.2) is 4.98 Å². The van der Waals surface area contributed by atoms with Gasteiger partial charge in [-0.1, -0.05) is 208 Å². The molecule has 0 saturated carbocycles. The lowest BCUT2D eigenvalue weighted by molar-refractivity contribution is 0.446. The molecule has 9 aromatic carbocycles. The van der Waals surface area contributed by atoms with Gasteiger partial charge in [-0.3, -0.25) is 9.55 Å². The summed E-state index contributed by atoms with van der Waals surface area (Å²) in [5.41, 5.74) is 19.9. The van der Waals surface area contributed by atoms with Crippen molar-refractivity contribution in [3.8, 4) is 84.3 Å². The fraction of sp³-hybridized carbons (Fsp3) is 0.167. The number of rotatable bonds is 8. The van der Waals surface area contributed by atoms with E-state index >= 15 is 0 Å². The molecule has 0 fully saturated rings. The van der Waals surface area contributed by atoms with Crippen molar-refractivity contribution in [1.82, 2.24) is 19.1 Å². The number of hydrogen-bond donors (Lipinski definition) is 1. The Bertz CT molecular complexity index is 4180. The zero-order chi connectivity index (χ0) is 53.4. The first-order valence-corrected chi connectivity index (χ1v) is 26.9. The third-order valence-electron chi connectivity index (χ3n) is 15.4. The van der Waals surface area contributed by atoms with Crippen LogP contribution in [0.3, 0.4) is 0 Å². The number of para-hydroxylation sites is 3. The van der Waals surface area contributed by atoms with E-state index in [1.807, 2.05) is 6.20 Å². The minimum absolute atomic E-state index is 0.0999. The highest BCUT2D eigenvalue weighted by molar-refractivity contribution is 6.16. The van der Waals surface area contributed by atoms with Gasteiger partial charge in [-0.05, 0) is 127 Å². The third-order valence-corrected chi connectivity index (χ3v) is 15.4. The van der Waals surface area contributed by atoms with Gasteiger partial charge in [-0.2, -0.15) is 0 Å². The summed E-state index contributed by atoms with van der Waals surface area (Å²) in [6.45, 7) is 20.0. The van der Waals surface area contributed by atoms with Gasteiger partial charge < -0.3 is 9.67 Å². The lowest BCUT2D eigenvalue weighted by Crippen LogP contribution is -2.17. The van der Waals surface area contributed by atoms with Crippen LogP contribution in [0.1, 0.15) is 79.0 Å². The van der Waals surface area contributed by atoms with Crippen LogP contribution in [-0.4, -0.2) is 24.2 Å². The van der Waals surface area contributed by atoms with Gasteiger partial charge in [0, 0.05) is 44.9 Å². The van der Waals surface area contributed by atoms with E-state index in [0.29, 0.717) is 11.4 Å². The highest BCUT2D eigenvalue weighted by Crippen LogP contribution is 2.48. The molecule has 3 heterocycles. The van der Waals surface area contributed by atoms with E-state index in [1.165, 1.54) is 16.7 Å². The van der Waals surface area contributed by atoms with Crippen LogP contribution in [0.15, 0.2) is 219 Å². The smallest absolute Gasteiger partial charge is 0.149 e. The Labute approximate surface area is 452 Å². The van der Waals surface area contributed by atoms with Crippen molar-refractivity contribution in [3.63, 3.8) is 0 Å². The van der Waals surface area contributed by atoms with Crippen LogP contribution in [-0.2, 0) is 16.2 Å². The van der Waals surface area contributed by atoms with Crippen molar-refractivity contribution in [1.29, 1.82) is 0 Å². The predicted molar refractivity (Wildman–Crippen MR) is 324 cm³/mol. The Kier molecular flexibility index (Phi) is 12.0. The average molecular weight is 1000 g/mol. The Hall–Kier alpha value is -8.80. The Balaban J connectivity index is 1.16. The SMILES string of the molecule is CC(C)(C)c1ccc(-n2c(-c3cc(C(C)(C)C)cc(C(C)(C)C)c3O)nc3c(-c4cc(-c5cc(-c6ccc(-c7ccccc7)cc6)ccn5)c5c(c4)c4ccccc4n5-c4ccccc4)cccc32)c(-c2ccccc2)c1. The molecule has 0 radical (unpaired) electrons. The van der Waals surface area contributed by atoms with E-state index < -0.39 is 0 Å². The molecule has 0 aliphatic heterocycles. The van der Waals surface area contributed by atoms with Crippen LogP contribution >= 0.6 is 0 Å². The van der Waals surface area contributed by atoms with Gasteiger partial charge in [0.1, 0.15) is 11.6 Å². The number of nitrogens with zero attached hydrogens (tertiary/aromatic N) is 4. The fourth-order valence-corrected chi connectivity index (χ4v) is 11.1. The standard InChI is InChI=1S/C72H64N4O/c1-70(2,3)52-36-37-64(57(43-52)49-24-15-11-16-25-49)76-65-31-21-29-55(66(65)74-69(76)60-44-53(71(4,5)6)45-61(68(60)77)72(7,8)9)51-40-58-56-28-19-20-30-63(56)75(54-26-17-12-18-27-54)67(58)59(41-51)62-42-50(38-39-73-62)48-34-32-47(33-35-48)46-22-13-10-14-23-46/h10-45,77H,1-9H3. The molecular weight excluding hydrogens is 937 g/mol. The van der Waals surface area contributed by atoms with Crippen molar-refractivity contribution in [2.75, 3.05) is 0 Å². The molecular formula is C72H64N4O. The Morgan fingerprint density at radius 2 is 0.987 bits per heavy atom. The van der Waals surface area contributed by atoms with Crippen LogP contribution in [0.4, 0.5) is 0 Å². The van der Waals surface area contributed by atoms with Crippen molar-refractivity contribution >= 4 is 32.8 Å². The maximum absolute atomic E-state index is 12.8. The molecule has 0 aliphatic rings. The van der Waals surface area contributed by atoms with Crippen molar-refractivity contribution in [3.05, 3.63) is 235 Å². The van der Waals surface area contributed by atoms with Gasteiger partial charge in [0.2, 0.25) is 0 Å². The molecule has 0 spiro atoms. The van der Waals surface area contributed by atoms with Gasteiger partial charge >= 0.3 is 0 Å². The number of phenols is 1. The van der Waals surface area contributed by atoms with Crippen LogP contribution in [0.2, 0.25) is 0 Å². The quantitative estimate of drug-likeness (QED) is 0.165. The normalized spacial score (nSPS) is 12.3. The highest BCUT2D eigenvalue weighted by Gasteiger charge is 2.30. The first-order chi connectivity index (χ1) is 37.0. The summed E-state index contributed by atoms with van der Waals surface area (Å²) in [6, 6.07) is 76.2. The molecule has 5 nitrogen and oxygen atoms in total. The Morgan fingerprint density at radius 1 is 0.390 bits per heavy atom. The topological polar surface area (TPSA) is 55.9 Å². The highest BCUT2D eigenvalue weighted by atomic mass is 16.3. The zero-order valence-corrected chi connectivity index (χ0v) is 45.5. The molecule has 0 atom stereocenters. The molecule has 0 aliphatic carbocycles. The molecule has 0 bridgehead atoms. The lowest BCUT2D eigenvalue weighted by Gasteiger charge is -2.28. The number of imidazole rings is 1. The average Bonchev–Trinajstić information content (AvgIpc) is 4.24. The first-order valence-electron chi connectivity index (χ1n) is 26.9. The molecule has 77 heavy (non-hydrogen) atoms. The number of aromatic hydroxyl groups is 1. The third kappa shape index (κ3) is 8.90. The van der Waals surface area contributed by atoms with Crippen LogP contribution in [0.5, 0.6) is 5.75 Å². The van der Waals surface area contributed by atoms with E-state index in [9.17, 15) is 5.11 Å². The minimum Gasteiger partial charge on any atom is -0.507 e. The summed E-state index contributed by atoms with van der Waals surface area (Å²) < 4.78 is 4.70. The van der Waals surface area contributed by atoms with E-state index in [4.69, 9.17) is 9.97 Å². The van der Waals surface area contributed by atoms with Gasteiger partial charge in [0.15, 0.2) is 0 Å². The number of benzene rings is 9. The second-order valence-corrected chi connectivity index (χ2v) is 23.7. The van der Waals surface area contributed by atoms with E-state index in [-0.39, 0.29) is 22.0 Å². The molecule has 12 rings (SSSR count). The summed E-state index contributed by atoms with van der Waals surface area (Å²) in [7, 11) is 0. The Morgan fingerprint density at radius 3 is 1.66 bits per heavy atom. The number of pyridine rings is 1. The molecule has 3 aromatic heterocycles. The van der Waals surface area contributed by atoms with E-state index in [2.05, 4.69) is 284 Å². The lowest BCUT2D eigenvalue weighted by atomic mass is 9.79. The van der Waals surface area contributed by atoms with Gasteiger partial charge in [0.05, 0.1) is 39.0 Å². The van der Waals surface area contributed by atoms with E-state index in [1.54, 1.807) is 0 Å². The number of fused-ring (bicyclic) bond motifs is 4. The largest absolute Gasteiger partial charge is 0.507 e. The summed E-state index contributed by atoms with van der Waals surface area (Å²) in [5, 5.41) is 15.0. The van der Waals surface area contributed by atoms with Crippen LogP contribution in [0.25, 0.3) is 111 Å². The maximum Gasteiger partial charge on any atom is 0.149 e. The first kappa shape index (κ1) is 49.1. The monoisotopic (exact) mass is 1000 g/mol. The van der Waals surface area contributed by atoms with Crippen molar-refractivity contribution in [2.45, 2.75) is 78.6 Å². The second-order valence-electron chi connectivity index (χ2n) is 23.7. The number of phenolic OH excluding ortho intramolecular Hbond substituents is 1. The summed E-state index contributed by atoms with van der Waals surface area (Å²) in [5.74, 6) is 0.922. The van der Waals surface area contributed by atoms with Crippen molar-refractivity contribution in [2.24, 2.45) is 0 Å². The zero-order valence-electron chi connectivity index (χ0n) is 45.5. The molecule has 1 N–H and O–H groups in total. The molecule has 5 heteroatoms. The fourth-order valence-electron chi connectivity index (χ4n) is 11.1. The molecule has 378 valence electrons. The van der Waals surface area contributed by atoms with Crippen LogP contribution in [0, 0.1) is 0 Å². The number of aromatic nitrogens is 4. The predicted octanol–water partition coefficient (Wildman–Crippen LogP) is 19.1. The molecule has 0 saturated heterocycles. The molecule has 0 unspecified atom stereocenters. The minimum atomic E-state index is -0.354. The number of hydrogen-bond acceptors (Lipinski definition) is 3. The summed E-state index contributed by atoms with van der Waals surface area (Å²) in [6.07, 6.45) is 1.94. The summed E-state index contributed by atoms with van der Waals surface area (Å²) in [4.78, 5) is 11.0. The van der Waals surface area contributed by atoms with Gasteiger partial charge in [-0.15, -0.1) is 0 Å². The second kappa shape index (κ2) is 18.8. The van der Waals surface area contributed by atoms with Crippen LogP contribution < -0.4 is 0 Å².